The van der Waals surface area contributed by atoms with E-state index < -0.39 is 11.4 Å². The van der Waals surface area contributed by atoms with Crippen molar-refractivity contribution in [3.63, 3.8) is 0 Å². The summed E-state index contributed by atoms with van der Waals surface area (Å²) >= 11 is 0. The Hall–Kier alpha value is -2.37. The normalized spacial score (nSPS) is 24.8. The van der Waals surface area contributed by atoms with E-state index in [0.29, 0.717) is 25.6 Å². The molecule has 4 aliphatic rings. The second-order valence-electron chi connectivity index (χ2n) is 12.8. The molecule has 3 aliphatic heterocycles. The number of benzene rings is 2. The smallest absolute Gasteiger partial charge is 0.309 e. The van der Waals surface area contributed by atoms with Crippen LogP contribution in [-0.2, 0) is 35.5 Å². The molecule has 8 heteroatoms. The van der Waals surface area contributed by atoms with Crippen molar-refractivity contribution in [3.8, 4) is 17.0 Å². The Balaban J connectivity index is 0.00000343. The summed E-state index contributed by atoms with van der Waals surface area (Å²) in [6.45, 7) is 13.7. The standard InChI is InChI=1S/C36H42N3O4.U/c1-4-26-17-25(18-27-11-14-38(21-31(26)27)29-12-15-42-16-13-29)22-43-34-23(2)7-5-8-30(34)32-9-6-10-33(37-32)39-20-28-19-36(28,24(39)3)35(40)41;/h5-10,17-18,24,28-29H,3-4,11-16,19-22H2,1-2H3,(H,40,41);/q-1;/t24?,28-,36-;/m0./s1. The third kappa shape index (κ3) is 5.62. The average Bonchev–Trinajstić information content (AvgIpc) is 3.70. The molecule has 2 aromatic carbocycles. The maximum Gasteiger partial charge on any atom is 0.309 e. The molecule has 2 saturated heterocycles. The summed E-state index contributed by atoms with van der Waals surface area (Å²) in [5, 5.41) is 9.86. The van der Waals surface area contributed by atoms with Gasteiger partial charge in [0.05, 0.1) is 11.1 Å². The van der Waals surface area contributed by atoms with Crippen LogP contribution in [0.1, 0.15) is 54.0 Å². The van der Waals surface area contributed by atoms with Crippen molar-refractivity contribution < 1.29 is 50.5 Å². The number of hydrogen-bond donors (Lipinski definition) is 1. The van der Waals surface area contributed by atoms with E-state index in [1.165, 1.54) is 22.3 Å². The summed E-state index contributed by atoms with van der Waals surface area (Å²) in [5.74, 6) is 1.02. The van der Waals surface area contributed by atoms with Crippen LogP contribution in [0.15, 0.2) is 48.5 Å². The number of aryl methyl sites for hydroxylation is 2. The zero-order valence-electron chi connectivity index (χ0n) is 25.8. The minimum Gasteiger partial charge on any atom is -0.488 e. The van der Waals surface area contributed by atoms with Gasteiger partial charge in [0, 0.05) is 75.6 Å². The molecule has 3 fully saturated rings. The molecule has 1 saturated carbocycles. The van der Waals surface area contributed by atoms with Crippen LogP contribution in [0.3, 0.4) is 0 Å². The summed E-state index contributed by atoms with van der Waals surface area (Å²) < 4.78 is 12.2. The number of rotatable bonds is 8. The largest absolute Gasteiger partial charge is 0.488 e. The van der Waals surface area contributed by atoms with Crippen molar-refractivity contribution >= 4 is 11.8 Å². The first-order valence-electron chi connectivity index (χ1n) is 15.9. The van der Waals surface area contributed by atoms with Crippen molar-refractivity contribution in [2.45, 2.75) is 71.2 Å². The van der Waals surface area contributed by atoms with E-state index in [1.54, 1.807) is 0 Å². The number of hydrogen-bond acceptors (Lipinski definition) is 6. The van der Waals surface area contributed by atoms with Crippen molar-refractivity contribution in [1.29, 1.82) is 0 Å². The predicted octanol–water partition coefficient (Wildman–Crippen LogP) is 5.85. The van der Waals surface area contributed by atoms with Gasteiger partial charge in [-0.2, -0.15) is 0 Å². The molecule has 1 aromatic heterocycles. The summed E-state index contributed by atoms with van der Waals surface area (Å²) in [6, 6.07) is 17.1. The Morgan fingerprint density at radius 3 is 2.73 bits per heavy atom. The van der Waals surface area contributed by atoms with Crippen LogP contribution in [0.25, 0.3) is 11.3 Å². The second-order valence-corrected chi connectivity index (χ2v) is 12.8. The summed E-state index contributed by atoms with van der Waals surface area (Å²) in [7, 11) is 0. The molecule has 1 unspecified atom stereocenters. The first-order chi connectivity index (χ1) is 20.9. The van der Waals surface area contributed by atoms with Crippen LogP contribution in [0, 0.1) is 56.3 Å². The maximum atomic E-state index is 12.0. The molecule has 44 heavy (non-hydrogen) atoms. The van der Waals surface area contributed by atoms with Crippen molar-refractivity contribution in [2.24, 2.45) is 11.3 Å². The number of carboxylic acids is 1. The molecule has 1 N–H and O–H groups in total. The Labute approximate surface area is 284 Å². The number of carbonyl (C=O) groups is 1. The SMILES string of the molecule is [CH2-]C1N(c2cccc(-c3cccc(C)c3OCc3cc(CC)c4c(c3)CCN(C3CCOCC3)C4)n2)C[C@@H]2C[C@]12C(=O)O.[U]. The van der Waals surface area contributed by atoms with Gasteiger partial charge in [-0.25, -0.2) is 4.98 Å². The second kappa shape index (κ2) is 12.8. The van der Waals surface area contributed by atoms with E-state index in [1.807, 2.05) is 24.3 Å². The fourth-order valence-electron chi connectivity index (χ4n) is 7.82. The van der Waals surface area contributed by atoms with Crippen LogP contribution in [0.5, 0.6) is 5.75 Å². The van der Waals surface area contributed by atoms with Gasteiger partial charge >= 0.3 is 5.97 Å². The molecule has 0 spiro atoms. The van der Waals surface area contributed by atoms with E-state index >= 15 is 0 Å². The van der Waals surface area contributed by atoms with Crippen LogP contribution in [-0.4, -0.2) is 59.3 Å². The predicted molar refractivity (Wildman–Crippen MR) is 167 cm³/mol. The topological polar surface area (TPSA) is 75.1 Å². The number of para-hydroxylation sites is 1. The summed E-state index contributed by atoms with van der Waals surface area (Å²) in [4.78, 5) is 21.7. The molecule has 0 bridgehead atoms. The number of anilines is 1. The van der Waals surface area contributed by atoms with Gasteiger partial charge in [-0.05, 0) is 91.0 Å². The van der Waals surface area contributed by atoms with Crippen molar-refractivity contribution in [1.82, 2.24) is 9.88 Å². The zero-order chi connectivity index (χ0) is 29.7. The maximum absolute atomic E-state index is 12.0. The Morgan fingerprint density at radius 2 is 1.98 bits per heavy atom. The number of nitrogens with zero attached hydrogens (tertiary/aromatic N) is 3. The van der Waals surface area contributed by atoms with Gasteiger partial charge in [0.2, 0.25) is 0 Å². The van der Waals surface area contributed by atoms with Gasteiger partial charge in [-0.3, -0.25) is 9.69 Å². The number of aliphatic carboxylic acids is 1. The molecule has 3 aromatic rings. The van der Waals surface area contributed by atoms with Crippen molar-refractivity contribution in [2.75, 3.05) is 31.2 Å². The number of fused-ring (bicyclic) bond motifs is 2. The molecule has 1 aliphatic carbocycles. The van der Waals surface area contributed by atoms with Gasteiger partial charge in [-0.15, -0.1) is 0 Å². The first-order valence-corrected chi connectivity index (χ1v) is 15.9. The average molecular weight is 819 g/mol. The van der Waals surface area contributed by atoms with E-state index in [9.17, 15) is 9.90 Å². The van der Waals surface area contributed by atoms with E-state index in [-0.39, 0.29) is 43.1 Å². The number of pyridine rings is 1. The minimum absolute atomic E-state index is 0. The van der Waals surface area contributed by atoms with Crippen LogP contribution in [0.2, 0.25) is 0 Å². The van der Waals surface area contributed by atoms with Crippen molar-refractivity contribution in [3.05, 3.63) is 83.3 Å². The van der Waals surface area contributed by atoms with Crippen LogP contribution < -0.4 is 9.64 Å². The number of carboxylic acid groups (broad SMARTS) is 1. The fourth-order valence-corrected chi connectivity index (χ4v) is 7.82. The number of aromatic nitrogens is 1. The molecule has 7 nitrogen and oxygen atoms in total. The molecule has 7 rings (SSSR count). The molecular weight excluding hydrogens is 776 g/mol. The quantitative estimate of drug-likeness (QED) is 0.286. The first kappa shape index (κ1) is 31.6. The monoisotopic (exact) mass is 818 g/mol. The van der Waals surface area contributed by atoms with E-state index in [4.69, 9.17) is 14.5 Å². The molecule has 0 radical (unpaired) electrons. The molecule has 230 valence electrons. The van der Waals surface area contributed by atoms with E-state index in [0.717, 1.165) is 80.4 Å². The third-order valence-corrected chi connectivity index (χ3v) is 10.5. The minimum atomic E-state index is -0.740. The van der Waals surface area contributed by atoms with Gasteiger partial charge in [0.25, 0.3) is 0 Å². The third-order valence-electron chi connectivity index (χ3n) is 10.5. The summed E-state index contributed by atoms with van der Waals surface area (Å²) in [5.41, 5.74) is 7.71. The van der Waals surface area contributed by atoms with Crippen LogP contribution >= 0.6 is 0 Å². The molecule has 4 heterocycles. The van der Waals surface area contributed by atoms with Crippen LogP contribution in [0.4, 0.5) is 5.82 Å². The number of ether oxygens (including phenoxy) is 2. The zero-order valence-corrected chi connectivity index (χ0v) is 30.0. The Bertz CT molecular complexity index is 1520. The number of piperidine rings is 1. The Kier molecular flexibility index (Phi) is 9.19. The fraction of sp³-hybridized carbons (Fsp3) is 0.472. The Morgan fingerprint density at radius 1 is 1.18 bits per heavy atom. The summed E-state index contributed by atoms with van der Waals surface area (Å²) in [6.07, 6.45) is 5.07. The molecular formula is C36H42N3O4U-. The van der Waals surface area contributed by atoms with E-state index in [2.05, 4.69) is 54.8 Å². The van der Waals surface area contributed by atoms with Gasteiger partial charge in [0.1, 0.15) is 18.2 Å². The van der Waals surface area contributed by atoms with Gasteiger partial charge < -0.3 is 26.4 Å². The van der Waals surface area contributed by atoms with Gasteiger partial charge in [-0.1, -0.05) is 43.3 Å². The molecule has 0 amide bonds. The van der Waals surface area contributed by atoms with Gasteiger partial charge in [0.15, 0.2) is 0 Å². The molecule has 3 atom stereocenters.